The highest BCUT2D eigenvalue weighted by Gasteiger charge is 2.55. The summed E-state index contributed by atoms with van der Waals surface area (Å²) in [7, 11) is 0. The van der Waals surface area contributed by atoms with Gasteiger partial charge in [0.05, 0.1) is 13.2 Å². The van der Waals surface area contributed by atoms with Crippen LogP contribution in [0.2, 0.25) is 0 Å². The van der Waals surface area contributed by atoms with Gasteiger partial charge in [0.15, 0.2) is 5.78 Å². The molecule has 0 aromatic heterocycles. The van der Waals surface area contributed by atoms with Crippen LogP contribution in [0.25, 0.3) is 0 Å². The number of imide groups is 1. The second-order valence-corrected chi connectivity index (χ2v) is 6.82. The van der Waals surface area contributed by atoms with Gasteiger partial charge in [-0.1, -0.05) is 19.8 Å². The third-order valence-electron chi connectivity index (χ3n) is 5.29. The largest absolute Gasteiger partial charge is 0.494 e. The lowest BCUT2D eigenvalue weighted by Crippen LogP contribution is -2.54. The number of benzene rings is 1. The molecule has 2 atom stereocenters. The van der Waals surface area contributed by atoms with Crippen LogP contribution in [-0.4, -0.2) is 41.3 Å². The van der Waals surface area contributed by atoms with Gasteiger partial charge in [-0.15, -0.1) is 0 Å². The highest BCUT2D eigenvalue weighted by Crippen LogP contribution is 2.38. The third kappa shape index (κ3) is 3.13. The number of urea groups is 1. The fraction of sp³-hybridized carbons (Fsp3) is 0.526. The number of nitrogens with one attached hydrogen (secondary N) is 1. The molecule has 1 saturated heterocycles. The van der Waals surface area contributed by atoms with E-state index in [1.807, 2.05) is 13.8 Å². The van der Waals surface area contributed by atoms with E-state index in [0.717, 1.165) is 24.2 Å². The summed E-state index contributed by atoms with van der Waals surface area (Å²) in [5.41, 5.74) is -0.365. The molecule has 1 aliphatic heterocycles. The Kier molecular flexibility index (Phi) is 4.79. The van der Waals surface area contributed by atoms with Crippen molar-refractivity contribution < 1.29 is 19.1 Å². The molecule has 0 radical (unpaired) electrons. The molecule has 6 heteroatoms. The quantitative estimate of drug-likeness (QED) is 0.658. The van der Waals surface area contributed by atoms with Gasteiger partial charge in [0.1, 0.15) is 11.3 Å². The van der Waals surface area contributed by atoms with Crippen molar-refractivity contribution >= 4 is 17.7 Å². The summed E-state index contributed by atoms with van der Waals surface area (Å²) in [6, 6.07) is 6.29. The standard InChI is InChI=1S/C19H24N2O4/c1-3-25-15-9-7-14(8-10-15)16(22)12-21-17(23)19(20-18(21)24)11-5-4-6-13(19)2/h7-10,13H,3-6,11-12H2,1-2H3,(H,20,24)/t13-,19+/m1/s1. The Morgan fingerprint density at radius 1 is 1.28 bits per heavy atom. The van der Waals surface area contributed by atoms with Crippen molar-refractivity contribution in [2.24, 2.45) is 5.92 Å². The Morgan fingerprint density at radius 2 is 2.00 bits per heavy atom. The number of carbonyl (C=O) groups is 3. The van der Waals surface area contributed by atoms with Gasteiger partial charge >= 0.3 is 6.03 Å². The van der Waals surface area contributed by atoms with Gasteiger partial charge in [0.2, 0.25) is 0 Å². The molecule has 3 amide bonds. The zero-order chi connectivity index (χ0) is 18.0. The van der Waals surface area contributed by atoms with Gasteiger partial charge in [-0.3, -0.25) is 14.5 Å². The summed E-state index contributed by atoms with van der Waals surface area (Å²) in [5, 5.41) is 2.87. The minimum Gasteiger partial charge on any atom is -0.494 e. The van der Waals surface area contributed by atoms with Crippen molar-refractivity contribution in [3.8, 4) is 5.75 Å². The Hall–Kier alpha value is -2.37. The van der Waals surface area contributed by atoms with E-state index in [1.54, 1.807) is 24.3 Å². The van der Waals surface area contributed by atoms with Crippen molar-refractivity contribution in [2.45, 2.75) is 45.1 Å². The van der Waals surface area contributed by atoms with Gasteiger partial charge < -0.3 is 10.1 Å². The first-order valence-corrected chi connectivity index (χ1v) is 8.88. The van der Waals surface area contributed by atoms with Gasteiger partial charge in [-0.05, 0) is 49.9 Å². The molecule has 1 aromatic carbocycles. The SMILES string of the molecule is CCOc1ccc(C(=O)CN2C(=O)N[C@]3(CCCC[C@H]3C)C2=O)cc1. The predicted octanol–water partition coefficient (Wildman–Crippen LogP) is 2.77. The number of Topliss-reactive ketones (excluding diaryl/α,β-unsaturated/α-hetero) is 1. The maximum absolute atomic E-state index is 12.9. The molecule has 6 nitrogen and oxygen atoms in total. The topological polar surface area (TPSA) is 75.7 Å². The maximum Gasteiger partial charge on any atom is 0.325 e. The van der Waals surface area contributed by atoms with E-state index in [-0.39, 0.29) is 24.2 Å². The first-order valence-electron chi connectivity index (χ1n) is 8.88. The molecule has 1 spiro atoms. The van der Waals surface area contributed by atoms with E-state index in [2.05, 4.69) is 5.32 Å². The summed E-state index contributed by atoms with van der Waals surface area (Å²) in [5.74, 6) is 0.253. The van der Waals surface area contributed by atoms with Crippen LogP contribution in [0.5, 0.6) is 5.75 Å². The van der Waals surface area contributed by atoms with Gasteiger partial charge in [-0.2, -0.15) is 0 Å². The van der Waals surface area contributed by atoms with Crippen LogP contribution in [0, 0.1) is 5.92 Å². The third-order valence-corrected chi connectivity index (χ3v) is 5.29. The van der Waals surface area contributed by atoms with E-state index in [9.17, 15) is 14.4 Å². The van der Waals surface area contributed by atoms with Crippen LogP contribution in [0.4, 0.5) is 4.79 Å². The molecule has 1 N–H and O–H groups in total. The molecule has 0 unspecified atom stereocenters. The lowest BCUT2D eigenvalue weighted by atomic mass is 9.73. The molecular formula is C19H24N2O4. The number of hydrogen-bond acceptors (Lipinski definition) is 4. The Balaban J connectivity index is 1.72. The normalized spacial score (nSPS) is 26.0. The zero-order valence-corrected chi connectivity index (χ0v) is 14.7. The molecule has 2 aliphatic rings. The number of ether oxygens (including phenoxy) is 1. The van der Waals surface area contributed by atoms with E-state index >= 15 is 0 Å². The van der Waals surface area contributed by atoms with E-state index in [4.69, 9.17) is 4.74 Å². The van der Waals surface area contributed by atoms with Gasteiger partial charge in [0.25, 0.3) is 5.91 Å². The lowest BCUT2D eigenvalue weighted by molar-refractivity contribution is -0.133. The predicted molar refractivity (Wildman–Crippen MR) is 92.5 cm³/mol. The van der Waals surface area contributed by atoms with Crippen LogP contribution >= 0.6 is 0 Å². The van der Waals surface area contributed by atoms with Gasteiger partial charge in [0, 0.05) is 5.56 Å². The molecule has 134 valence electrons. The van der Waals surface area contributed by atoms with Crippen LogP contribution in [-0.2, 0) is 4.79 Å². The summed E-state index contributed by atoms with van der Waals surface area (Å²) in [6.45, 7) is 4.21. The molecule has 3 rings (SSSR count). The van der Waals surface area contributed by atoms with Crippen LogP contribution < -0.4 is 10.1 Å². The van der Waals surface area contributed by atoms with Crippen molar-refractivity contribution in [1.29, 1.82) is 0 Å². The Morgan fingerprint density at radius 3 is 2.64 bits per heavy atom. The molecule has 1 saturated carbocycles. The summed E-state index contributed by atoms with van der Waals surface area (Å²) >= 11 is 0. The lowest BCUT2D eigenvalue weighted by Gasteiger charge is -2.36. The van der Waals surface area contributed by atoms with Crippen LogP contribution in [0.3, 0.4) is 0 Å². The minimum absolute atomic E-state index is 0.0864. The Labute approximate surface area is 147 Å². The van der Waals surface area contributed by atoms with E-state index in [1.165, 1.54) is 0 Å². The first kappa shape index (κ1) is 17.5. The first-order chi connectivity index (χ1) is 12.0. The summed E-state index contributed by atoms with van der Waals surface area (Å²) < 4.78 is 5.36. The second kappa shape index (κ2) is 6.86. The van der Waals surface area contributed by atoms with Crippen molar-refractivity contribution in [3.05, 3.63) is 29.8 Å². The number of ketones is 1. The van der Waals surface area contributed by atoms with Crippen molar-refractivity contribution in [3.63, 3.8) is 0 Å². The van der Waals surface area contributed by atoms with E-state index in [0.29, 0.717) is 24.3 Å². The second-order valence-electron chi connectivity index (χ2n) is 6.82. The van der Waals surface area contributed by atoms with Crippen LogP contribution in [0.1, 0.15) is 49.9 Å². The van der Waals surface area contributed by atoms with Crippen molar-refractivity contribution in [1.82, 2.24) is 10.2 Å². The van der Waals surface area contributed by atoms with Crippen LogP contribution in [0.15, 0.2) is 24.3 Å². The molecule has 2 fully saturated rings. The number of hydrogen-bond donors (Lipinski definition) is 1. The fourth-order valence-electron chi connectivity index (χ4n) is 3.78. The van der Waals surface area contributed by atoms with Gasteiger partial charge in [-0.25, -0.2) is 4.79 Å². The average Bonchev–Trinajstić information content (AvgIpc) is 2.83. The monoisotopic (exact) mass is 344 g/mol. The number of carbonyl (C=O) groups excluding carboxylic acids is 3. The smallest absolute Gasteiger partial charge is 0.325 e. The molecule has 0 bridgehead atoms. The number of rotatable bonds is 5. The number of amides is 3. The molecule has 1 aliphatic carbocycles. The highest BCUT2D eigenvalue weighted by molar-refractivity contribution is 6.11. The number of nitrogens with zero attached hydrogens (tertiary/aromatic N) is 1. The highest BCUT2D eigenvalue weighted by atomic mass is 16.5. The van der Waals surface area contributed by atoms with E-state index < -0.39 is 11.6 Å². The summed E-state index contributed by atoms with van der Waals surface area (Å²) in [4.78, 5) is 38.8. The minimum atomic E-state index is -0.825. The molecular weight excluding hydrogens is 320 g/mol. The van der Waals surface area contributed by atoms with Crippen molar-refractivity contribution in [2.75, 3.05) is 13.2 Å². The maximum atomic E-state index is 12.9. The molecule has 25 heavy (non-hydrogen) atoms. The summed E-state index contributed by atoms with van der Waals surface area (Å²) in [6.07, 6.45) is 3.54. The zero-order valence-electron chi connectivity index (χ0n) is 14.7. The molecule has 1 heterocycles. The fourth-order valence-corrected chi connectivity index (χ4v) is 3.78. The Bertz CT molecular complexity index is 685. The average molecular weight is 344 g/mol. The molecule has 1 aromatic rings.